The van der Waals surface area contributed by atoms with Crippen LogP contribution in [-0.4, -0.2) is 39.2 Å². The van der Waals surface area contributed by atoms with Gasteiger partial charge in [-0.2, -0.15) is 0 Å². The molecule has 2 saturated heterocycles. The Kier molecular flexibility index (Phi) is 4.32. The highest BCUT2D eigenvalue weighted by Crippen LogP contribution is 2.42. The molecule has 0 aliphatic carbocycles. The molecule has 0 spiro atoms. The topological polar surface area (TPSA) is 63.6 Å². The number of ether oxygens (including phenoxy) is 1. The molecule has 132 valence electrons. The Hall–Kier alpha value is -1.98. The summed E-state index contributed by atoms with van der Waals surface area (Å²) in [5.74, 6) is -0.0837. The molecule has 2 fully saturated rings. The average molecular weight is 333 g/mol. The number of aromatic nitrogens is 1. The van der Waals surface area contributed by atoms with E-state index >= 15 is 0 Å². The van der Waals surface area contributed by atoms with Crippen LogP contribution in [0.4, 0.5) is 4.79 Å². The summed E-state index contributed by atoms with van der Waals surface area (Å²) in [6, 6.07) is 2.10. The molecule has 3 atom stereocenters. The van der Waals surface area contributed by atoms with Gasteiger partial charge < -0.3 is 19.5 Å². The zero-order chi connectivity index (χ0) is 17.5. The van der Waals surface area contributed by atoms with Gasteiger partial charge in [0.05, 0.1) is 5.92 Å². The van der Waals surface area contributed by atoms with Crippen LogP contribution in [-0.2, 0) is 23.1 Å². The van der Waals surface area contributed by atoms with Crippen molar-refractivity contribution in [1.29, 1.82) is 0 Å². The molecule has 2 aliphatic heterocycles. The summed E-state index contributed by atoms with van der Waals surface area (Å²) in [7, 11) is 1.96. The molecular formula is C18H27N3O3. The first-order chi connectivity index (χ1) is 11.2. The third-order valence-electron chi connectivity index (χ3n) is 4.84. The van der Waals surface area contributed by atoms with E-state index in [1.54, 1.807) is 4.90 Å². The molecule has 1 aromatic rings. The molecule has 1 N–H and O–H groups in total. The van der Waals surface area contributed by atoms with Gasteiger partial charge in [0.1, 0.15) is 5.60 Å². The summed E-state index contributed by atoms with van der Waals surface area (Å²) in [5.41, 5.74) is 0.572. The van der Waals surface area contributed by atoms with Crippen molar-refractivity contribution < 1.29 is 14.3 Å². The van der Waals surface area contributed by atoms with E-state index in [1.807, 2.05) is 50.8 Å². The first-order valence-corrected chi connectivity index (χ1v) is 8.64. The van der Waals surface area contributed by atoms with Crippen molar-refractivity contribution in [2.75, 3.05) is 0 Å². The van der Waals surface area contributed by atoms with Gasteiger partial charge >= 0.3 is 6.09 Å². The van der Waals surface area contributed by atoms with Gasteiger partial charge in [0.2, 0.25) is 5.91 Å². The standard InChI is InChI=1S/C18H27N3O3/c1-18(2,3)24-17(23)21-13-5-6-15(21)14(9-13)16(22)19-10-12-7-8-20(4)11-12/h7-8,11,13-15H,5-6,9-10H2,1-4H3,(H,19,22). The van der Waals surface area contributed by atoms with Crippen molar-refractivity contribution in [2.24, 2.45) is 13.0 Å². The highest BCUT2D eigenvalue weighted by Gasteiger charge is 2.52. The summed E-state index contributed by atoms with van der Waals surface area (Å²) in [4.78, 5) is 26.8. The first kappa shape index (κ1) is 16.9. The second kappa shape index (κ2) is 6.15. The summed E-state index contributed by atoms with van der Waals surface area (Å²) in [5, 5.41) is 3.02. The van der Waals surface area contributed by atoms with E-state index in [1.165, 1.54) is 0 Å². The molecule has 3 unspecified atom stereocenters. The lowest BCUT2D eigenvalue weighted by Crippen LogP contribution is -2.43. The maximum atomic E-state index is 12.6. The molecule has 2 bridgehead atoms. The smallest absolute Gasteiger partial charge is 0.410 e. The van der Waals surface area contributed by atoms with E-state index in [2.05, 4.69) is 5.32 Å². The molecule has 6 nitrogen and oxygen atoms in total. The van der Waals surface area contributed by atoms with Gasteiger partial charge in [0, 0.05) is 38.1 Å². The van der Waals surface area contributed by atoms with E-state index in [0.717, 1.165) is 24.8 Å². The number of nitrogens with one attached hydrogen (secondary N) is 1. The van der Waals surface area contributed by atoms with Crippen LogP contribution in [0.15, 0.2) is 18.5 Å². The van der Waals surface area contributed by atoms with Crippen LogP contribution >= 0.6 is 0 Å². The lowest BCUT2D eigenvalue weighted by Gasteiger charge is -2.28. The van der Waals surface area contributed by atoms with Gasteiger partial charge in [0.25, 0.3) is 0 Å². The fourth-order valence-electron chi connectivity index (χ4n) is 3.86. The first-order valence-electron chi connectivity index (χ1n) is 8.64. The Balaban J connectivity index is 1.60. The SMILES string of the molecule is Cn1ccc(CNC(=O)C2CC3CCC2N3C(=O)OC(C)(C)C)c1. The zero-order valence-electron chi connectivity index (χ0n) is 14.9. The van der Waals surface area contributed by atoms with Crippen molar-refractivity contribution in [3.8, 4) is 0 Å². The van der Waals surface area contributed by atoms with Crippen molar-refractivity contribution in [1.82, 2.24) is 14.8 Å². The highest BCUT2D eigenvalue weighted by atomic mass is 16.6. The van der Waals surface area contributed by atoms with E-state index < -0.39 is 5.60 Å². The van der Waals surface area contributed by atoms with Gasteiger partial charge in [0.15, 0.2) is 0 Å². The minimum Gasteiger partial charge on any atom is -0.444 e. The predicted molar refractivity (Wildman–Crippen MR) is 90.2 cm³/mol. The number of hydrogen-bond donors (Lipinski definition) is 1. The lowest BCUT2D eigenvalue weighted by molar-refractivity contribution is -0.126. The minimum atomic E-state index is -0.510. The summed E-state index contributed by atoms with van der Waals surface area (Å²) < 4.78 is 7.48. The summed E-state index contributed by atoms with van der Waals surface area (Å²) >= 11 is 0. The Bertz CT molecular complexity index is 632. The second-order valence-electron chi connectivity index (χ2n) is 7.93. The van der Waals surface area contributed by atoms with Gasteiger partial charge in [-0.1, -0.05) is 0 Å². The zero-order valence-corrected chi connectivity index (χ0v) is 14.9. The molecule has 1 aromatic heterocycles. The van der Waals surface area contributed by atoms with Crippen molar-refractivity contribution >= 4 is 12.0 Å². The van der Waals surface area contributed by atoms with E-state index in [9.17, 15) is 9.59 Å². The molecule has 0 aromatic carbocycles. The second-order valence-corrected chi connectivity index (χ2v) is 7.93. The molecule has 6 heteroatoms. The van der Waals surface area contributed by atoms with Crippen molar-refractivity contribution in [3.05, 3.63) is 24.0 Å². The monoisotopic (exact) mass is 333 g/mol. The molecule has 2 amide bonds. The number of hydrogen-bond acceptors (Lipinski definition) is 3. The van der Waals surface area contributed by atoms with Crippen LogP contribution in [0.2, 0.25) is 0 Å². The largest absolute Gasteiger partial charge is 0.444 e. The van der Waals surface area contributed by atoms with Crippen LogP contribution in [0.3, 0.4) is 0 Å². The minimum absolute atomic E-state index is 0.0272. The van der Waals surface area contributed by atoms with Gasteiger partial charge in [-0.15, -0.1) is 0 Å². The number of carbonyl (C=O) groups is 2. The van der Waals surface area contributed by atoms with Crippen LogP contribution in [0, 0.1) is 5.92 Å². The third-order valence-corrected chi connectivity index (χ3v) is 4.84. The van der Waals surface area contributed by atoms with E-state index in [-0.39, 0.29) is 30.0 Å². The fraction of sp³-hybridized carbons (Fsp3) is 0.667. The molecule has 0 saturated carbocycles. The molecular weight excluding hydrogens is 306 g/mol. The maximum absolute atomic E-state index is 12.6. The number of aryl methyl sites for hydroxylation is 1. The lowest BCUT2D eigenvalue weighted by atomic mass is 9.88. The van der Waals surface area contributed by atoms with Gasteiger partial charge in [-0.25, -0.2) is 4.79 Å². The number of nitrogens with zero attached hydrogens (tertiary/aromatic N) is 2. The predicted octanol–water partition coefficient (Wildman–Crippen LogP) is 2.43. The fourth-order valence-corrected chi connectivity index (χ4v) is 3.86. The van der Waals surface area contributed by atoms with E-state index in [4.69, 9.17) is 4.74 Å². The molecule has 2 aliphatic rings. The number of amides is 2. The molecule has 0 radical (unpaired) electrons. The summed E-state index contributed by atoms with van der Waals surface area (Å²) in [6.07, 6.45) is 6.26. The number of rotatable bonds is 3. The Morgan fingerprint density at radius 2 is 2.08 bits per heavy atom. The third kappa shape index (κ3) is 3.42. The van der Waals surface area contributed by atoms with Crippen LogP contribution in [0.25, 0.3) is 0 Å². The van der Waals surface area contributed by atoms with Crippen LogP contribution < -0.4 is 5.32 Å². The normalized spacial score (nSPS) is 25.8. The van der Waals surface area contributed by atoms with E-state index in [0.29, 0.717) is 6.54 Å². The Morgan fingerprint density at radius 1 is 1.33 bits per heavy atom. The van der Waals surface area contributed by atoms with Crippen molar-refractivity contribution in [3.63, 3.8) is 0 Å². The van der Waals surface area contributed by atoms with Gasteiger partial charge in [-0.3, -0.25) is 4.79 Å². The van der Waals surface area contributed by atoms with Gasteiger partial charge in [-0.05, 0) is 51.7 Å². The molecule has 3 heterocycles. The number of fused-ring (bicyclic) bond motifs is 2. The quantitative estimate of drug-likeness (QED) is 0.924. The maximum Gasteiger partial charge on any atom is 0.410 e. The van der Waals surface area contributed by atoms with Crippen LogP contribution in [0.1, 0.15) is 45.6 Å². The van der Waals surface area contributed by atoms with Crippen molar-refractivity contribution in [2.45, 2.75) is 64.3 Å². The Morgan fingerprint density at radius 3 is 2.71 bits per heavy atom. The highest BCUT2D eigenvalue weighted by molar-refractivity contribution is 5.82. The summed E-state index contributed by atoms with van der Waals surface area (Å²) in [6.45, 7) is 6.13. The van der Waals surface area contributed by atoms with Crippen LogP contribution in [0.5, 0.6) is 0 Å². The molecule has 24 heavy (non-hydrogen) atoms. The average Bonchev–Trinajstić information content (AvgIpc) is 3.16. The molecule has 3 rings (SSSR count). The number of carbonyl (C=O) groups excluding carboxylic acids is 2. The Labute approximate surface area is 143 Å².